The summed E-state index contributed by atoms with van der Waals surface area (Å²) in [5.41, 5.74) is 1.46. The van der Waals surface area contributed by atoms with Gasteiger partial charge in [-0.15, -0.1) is 0 Å². The van der Waals surface area contributed by atoms with Crippen LogP contribution >= 0.6 is 0 Å². The average Bonchev–Trinajstić information content (AvgIpc) is 2.45. The fraction of sp³-hybridized carbons (Fsp3) is 0.400. The molecule has 1 atom stereocenters. The Kier molecular flexibility index (Phi) is 4.40. The zero-order valence-corrected chi connectivity index (χ0v) is 10.7. The predicted octanol–water partition coefficient (Wildman–Crippen LogP) is 3.24. The van der Waals surface area contributed by atoms with Gasteiger partial charge in [-0.25, -0.2) is 4.79 Å². The topological polar surface area (TPSA) is 38.3 Å². The largest absolute Gasteiger partial charge is 0.465 e. The Bertz CT molecular complexity index is 440. The molecule has 3 heteroatoms. The summed E-state index contributed by atoms with van der Waals surface area (Å²) in [6, 6.07) is 7.48. The minimum atomic E-state index is -0.290. The molecule has 0 fully saturated rings. The third-order valence-electron chi connectivity index (χ3n) is 3.29. The number of allylic oxidation sites excluding steroid dienone is 2. The molecular formula is C15H19NO2. The zero-order valence-electron chi connectivity index (χ0n) is 10.7. The van der Waals surface area contributed by atoms with E-state index < -0.39 is 0 Å². The summed E-state index contributed by atoms with van der Waals surface area (Å²) >= 11 is 0. The molecule has 0 amide bonds. The summed E-state index contributed by atoms with van der Waals surface area (Å²) in [7, 11) is 1.41. The predicted molar refractivity (Wildman–Crippen MR) is 72.8 cm³/mol. The fourth-order valence-corrected chi connectivity index (χ4v) is 2.22. The number of hydrogen-bond acceptors (Lipinski definition) is 3. The average molecular weight is 245 g/mol. The number of nitrogens with one attached hydrogen (secondary N) is 1. The first-order chi connectivity index (χ1) is 8.81. The molecule has 2 rings (SSSR count). The van der Waals surface area contributed by atoms with E-state index in [-0.39, 0.29) is 5.97 Å². The number of carbonyl (C=O) groups is 1. The molecule has 0 spiro atoms. The number of ether oxygens (including phenoxy) is 1. The van der Waals surface area contributed by atoms with Crippen molar-refractivity contribution >= 4 is 11.7 Å². The van der Waals surface area contributed by atoms with Crippen LogP contribution in [-0.4, -0.2) is 19.6 Å². The van der Waals surface area contributed by atoms with Crippen LogP contribution in [-0.2, 0) is 4.74 Å². The van der Waals surface area contributed by atoms with Gasteiger partial charge < -0.3 is 10.1 Å². The second kappa shape index (κ2) is 6.24. The summed E-state index contributed by atoms with van der Waals surface area (Å²) < 4.78 is 4.78. The van der Waals surface area contributed by atoms with Gasteiger partial charge in [-0.1, -0.05) is 24.3 Å². The Balaban J connectivity index is 2.00. The SMILES string of the molecule is COC(=O)c1ccccc1NCC1CC=CCC1. The molecule has 0 saturated carbocycles. The first-order valence-electron chi connectivity index (χ1n) is 6.37. The highest BCUT2D eigenvalue weighted by Gasteiger charge is 2.13. The van der Waals surface area contributed by atoms with Crippen molar-refractivity contribution in [2.24, 2.45) is 5.92 Å². The van der Waals surface area contributed by atoms with Crippen LogP contribution in [0.5, 0.6) is 0 Å². The molecule has 1 N–H and O–H groups in total. The summed E-state index contributed by atoms with van der Waals surface area (Å²) in [6.07, 6.45) is 7.96. The van der Waals surface area contributed by atoms with Crippen molar-refractivity contribution in [1.82, 2.24) is 0 Å². The molecule has 1 aromatic rings. The second-order valence-electron chi connectivity index (χ2n) is 4.57. The van der Waals surface area contributed by atoms with Crippen molar-refractivity contribution in [3.8, 4) is 0 Å². The Morgan fingerprint density at radius 1 is 1.39 bits per heavy atom. The van der Waals surface area contributed by atoms with E-state index in [1.807, 2.05) is 18.2 Å². The number of hydrogen-bond donors (Lipinski definition) is 1. The van der Waals surface area contributed by atoms with Crippen molar-refractivity contribution in [3.63, 3.8) is 0 Å². The summed E-state index contributed by atoms with van der Waals surface area (Å²) in [5.74, 6) is 0.363. The molecule has 1 aliphatic rings. The van der Waals surface area contributed by atoms with Crippen LogP contribution in [0.1, 0.15) is 29.6 Å². The number of anilines is 1. The number of benzene rings is 1. The van der Waals surface area contributed by atoms with Crippen molar-refractivity contribution in [1.29, 1.82) is 0 Å². The van der Waals surface area contributed by atoms with Crippen LogP contribution in [0.15, 0.2) is 36.4 Å². The fourth-order valence-electron chi connectivity index (χ4n) is 2.22. The van der Waals surface area contributed by atoms with Crippen LogP contribution < -0.4 is 5.32 Å². The highest BCUT2D eigenvalue weighted by atomic mass is 16.5. The number of rotatable bonds is 4. The monoisotopic (exact) mass is 245 g/mol. The van der Waals surface area contributed by atoms with Crippen molar-refractivity contribution in [2.75, 3.05) is 19.0 Å². The minimum absolute atomic E-state index is 0.290. The Morgan fingerprint density at radius 3 is 2.94 bits per heavy atom. The lowest BCUT2D eigenvalue weighted by Crippen LogP contribution is -2.17. The number of carbonyl (C=O) groups excluding carboxylic acids is 1. The third-order valence-corrected chi connectivity index (χ3v) is 3.29. The van der Waals surface area contributed by atoms with E-state index in [1.165, 1.54) is 13.5 Å². The van der Waals surface area contributed by atoms with Crippen molar-refractivity contribution in [3.05, 3.63) is 42.0 Å². The van der Waals surface area contributed by atoms with Gasteiger partial charge in [-0.05, 0) is 37.3 Å². The molecule has 18 heavy (non-hydrogen) atoms. The number of esters is 1. The van der Waals surface area contributed by atoms with Crippen LogP contribution in [0.25, 0.3) is 0 Å². The lowest BCUT2D eigenvalue weighted by atomic mass is 9.94. The van der Waals surface area contributed by atoms with Crippen molar-refractivity contribution in [2.45, 2.75) is 19.3 Å². The second-order valence-corrected chi connectivity index (χ2v) is 4.57. The smallest absolute Gasteiger partial charge is 0.339 e. The third kappa shape index (κ3) is 3.13. The lowest BCUT2D eigenvalue weighted by molar-refractivity contribution is 0.0602. The van der Waals surface area contributed by atoms with E-state index in [1.54, 1.807) is 6.07 Å². The molecule has 96 valence electrons. The molecule has 0 radical (unpaired) electrons. The van der Waals surface area contributed by atoms with Gasteiger partial charge >= 0.3 is 5.97 Å². The Labute approximate surface area is 108 Å². The molecule has 0 saturated heterocycles. The normalized spacial score (nSPS) is 18.4. The maximum absolute atomic E-state index is 11.6. The van der Waals surface area contributed by atoms with Gasteiger partial charge in [0.05, 0.1) is 12.7 Å². The van der Waals surface area contributed by atoms with E-state index in [9.17, 15) is 4.79 Å². The van der Waals surface area contributed by atoms with Crippen LogP contribution in [0.3, 0.4) is 0 Å². The minimum Gasteiger partial charge on any atom is -0.465 e. The highest BCUT2D eigenvalue weighted by molar-refractivity contribution is 5.95. The number of methoxy groups -OCH3 is 1. The van der Waals surface area contributed by atoms with Gasteiger partial charge in [0.15, 0.2) is 0 Å². The van der Waals surface area contributed by atoms with Gasteiger partial charge in [-0.2, -0.15) is 0 Å². The van der Waals surface area contributed by atoms with Crippen LogP contribution in [0, 0.1) is 5.92 Å². The molecular weight excluding hydrogens is 226 g/mol. The standard InChI is InChI=1S/C15H19NO2/c1-18-15(17)13-9-5-6-10-14(13)16-11-12-7-3-2-4-8-12/h2-3,5-6,9-10,12,16H,4,7-8,11H2,1H3. The molecule has 0 heterocycles. The van der Waals surface area contributed by atoms with Crippen LogP contribution in [0.4, 0.5) is 5.69 Å². The van der Waals surface area contributed by atoms with Gasteiger partial charge in [0.2, 0.25) is 0 Å². The molecule has 0 bridgehead atoms. The van der Waals surface area contributed by atoms with Crippen molar-refractivity contribution < 1.29 is 9.53 Å². The van der Waals surface area contributed by atoms with Gasteiger partial charge in [0, 0.05) is 12.2 Å². The van der Waals surface area contributed by atoms with E-state index in [2.05, 4.69) is 17.5 Å². The van der Waals surface area contributed by atoms with E-state index in [0.29, 0.717) is 11.5 Å². The summed E-state index contributed by atoms with van der Waals surface area (Å²) in [6.45, 7) is 0.901. The summed E-state index contributed by atoms with van der Waals surface area (Å²) in [5, 5.41) is 3.36. The van der Waals surface area contributed by atoms with Gasteiger partial charge in [0.25, 0.3) is 0 Å². The molecule has 3 nitrogen and oxygen atoms in total. The van der Waals surface area contributed by atoms with Gasteiger partial charge in [0.1, 0.15) is 0 Å². The van der Waals surface area contributed by atoms with E-state index >= 15 is 0 Å². The zero-order chi connectivity index (χ0) is 12.8. The molecule has 0 aromatic heterocycles. The van der Waals surface area contributed by atoms with Gasteiger partial charge in [-0.3, -0.25) is 0 Å². The molecule has 0 aliphatic heterocycles. The maximum atomic E-state index is 11.6. The first-order valence-corrected chi connectivity index (χ1v) is 6.37. The quantitative estimate of drug-likeness (QED) is 0.653. The van der Waals surface area contributed by atoms with E-state index in [4.69, 9.17) is 4.74 Å². The molecule has 1 unspecified atom stereocenters. The molecule has 1 aliphatic carbocycles. The van der Waals surface area contributed by atoms with Crippen LogP contribution in [0.2, 0.25) is 0 Å². The Morgan fingerprint density at radius 2 is 2.22 bits per heavy atom. The Hall–Kier alpha value is -1.77. The van der Waals surface area contributed by atoms with E-state index in [0.717, 1.165) is 25.1 Å². The highest BCUT2D eigenvalue weighted by Crippen LogP contribution is 2.21. The summed E-state index contributed by atoms with van der Waals surface area (Å²) in [4.78, 5) is 11.6. The first kappa shape index (κ1) is 12.7. The maximum Gasteiger partial charge on any atom is 0.339 e. The number of para-hydroxylation sites is 1. The lowest BCUT2D eigenvalue weighted by Gasteiger charge is -2.19. The molecule has 1 aromatic carbocycles.